The molecule has 0 aromatic heterocycles. The molecule has 0 amide bonds. The van der Waals surface area contributed by atoms with Crippen LogP contribution in [-0.2, 0) is 24.3 Å². The molecule has 3 atom stereocenters. The van der Waals surface area contributed by atoms with Gasteiger partial charge in [-0.2, -0.15) is 0 Å². The van der Waals surface area contributed by atoms with Crippen LogP contribution in [0.25, 0.3) is 0 Å². The summed E-state index contributed by atoms with van der Waals surface area (Å²) in [5, 5.41) is 2.64. The van der Waals surface area contributed by atoms with E-state index < -0.39 is 27.2 Å². The van der Waals surface area contributed by atoms with Gasteiger partial charge in [-0.05, 0) is 32.2 Å². The number of rotatable bonds is 7. The molecule has 8 heteroatoms. The zero-order valence-corrected chi connectivity index (χ0v) is 14.8. The van der Waals surface area contributed by atoms with Crippen molar-refractivity contribution in [2.24, 2.45) is 5.92 Å². The minimum Gasteiger partial charge on any atom is -0.469 e. The fraction of sp³-hybridized carbons (Fsp3) is 0.933. The topological polar surface area (TPSA) is 93.7 Å². The van der Waals surface area contributed by atoms with E-state index in [1.165, 1.54) is 7.11 Å². The third kappa shape index (κ3) is 4.43. The van der Waals surface area contributed by atoms with Gasteiger partial charge in [0.15, 0.2) is 0 Å². The quantitative estimate of drug-likeness (QED) is 0.647. The molecule has 3 unspecified atom stereocenters. The van der Waals surface area contributed by atoms with E-state index in [2.05, 4.69) is 10.0 Å². The van der Waals surface area contributed by atoms with Gasteiger partial charge in [-0.3, -0.25) is 4.79 Å². The Balaban J connectivity index is 2.05. The maximum Gasteiger partial charge on any atom is 0.310 e. The first-order valence-corrected chi connectivity index (χ1v) is 9.79. The summed E-state index contributed by atoms with van der Waals surface area (Å²) >= 11 is 0. The van der Waals surface area contributed by atoms with E-state index in [1.54, 1.807) is 7.11 Å². The Hall–Kier alpha value is -0.700. The van der Waals surface area contributed by atoms with Crippen molar-refractivity contribution in [2.75, 3.05) is 33.9 Å². The Morgan fingerprint density at radius 2 is 2.00 bits per heavy atom. The van der Waals surface area contributed by atoms with Gasteiger partial charge in [0.2, 0.25) is 10.0 Å². The van der Waals surface area contributed by atoms with Crippen LogP contribution in [0.3, 0.4) is 0 Å². The highest BCUT2D eigenvalue weighted by Crippen LogP contribution is 2.30. The molecule has 2 N–H and O–H groups in total. The second kappa shape index (κ2) is 7.92. The standard InChI is InChI=1S/C15H28N2O5S/c1-21-11-15(8-5-9-16-15)10-17-23(19,20)13-7-4-3-6-12(13)14(18)22-2/h12-13,16-17H,3-11H2,1-2H3. The first-order valence-electron chi connectivity index (χ1n) is 8.24. The second-order valence-corrected chi connectivity index (χ2v) is 8.55. The van der Waals surface area contributed by atoms with E-state index in [0.29, 0.717) is 19.4 Å². The number of hydrogen-bond acceptors (Lipinski definition) is 6. The minimum absolute atomic E-state index is 0.285. The average molecular weight is 348 g/mol. The molecule has 1 saturated heterocycles. The molecule has 7 nitrogen and oxygen atoms in total. The van der Waals surface area contributed by atoms with Crippen molar-refractivity contribution in [3.63, 3.8) is 0 Å². The Labute approximate surface area is 138 Å². The van der Waals surface area contributed by atoms with Crippen LogP contribution in [0.2, 0.25) is 0 Å². The predicted molar refractivity (Wildman–Crippen MR) is 86.5 cm³/mol. The van der Waals surface area contributed by atoms with Crippen LogP contribution in [0.4, 0.5) is 0 Å². The maximum absolute atomic E-state index is 12.7. The van der Waals surface area contributed by atoms with E-state index in [0.717, 1.165) is 32.2 Å². The Kier molecular flexibility index (Phi) is 6.41. The number of carbonyl (C=O) groups is 1. The highest BCUT2D eigenvalue weighted by atomic mass is 32.2. The van der Waals surface area contributed by atoms with Crippen molar-refractivity contribution < 1.29 is 22.7 Å². The van der Waals surface area contributed by atoms with Crippen LogP contribution < -0.4 is 10.0 Å². The van der Waals surface area contributed by atoms with Crippen LogP contribution in [-0.4, -0.2) is 59.1 Å². The van der Waals surface area contributed by atoms with E-state index >= 15 is 0 Å². The fourth-order valence-corrected chi connectivity index (χ4v) is 5.55. The zero-order valence-electron chi connectivity index (χ0n) is 14.0. The van der Waals surface area contributed by atoms with Crippen LogP contribution in [0.1, 0.15) is 38.5 Å². The van der Waals surface area contributed by atoms with Crippen molar-refractivity contribution in [1.29, 1.82) is 0 Å². The van der Waals surface area contributed by atoms with Gasteiger partial charge < -0.3 is 14.8 Å². The number of hydrogen-bond donors (Lipinski definition) is 2. The monoisotopic (exact) mass is 348 g/mol. The van der Waals surface area contributed by atoms with Crippen LogP contribution in [0.15, 0.2) is 0 Å². The van der Waals surface area contributed by atoms with Gasteiger partial charge in [-0.25, -0.2) is 13.1 Å². The smallest absolute Gasteiger partial charge is 0.310 e. The van der Waals surface area contributed by atoms with E-state index in [4.69, 9.17) is 9.47 Å². The van der Waals surface area contributed by atoms with Gasteiger partial charge in [0, 0.05) is 13.7 Å². The molecule has 2 aliphatic rings. The first kappa shape index (κ1) is 18.6. The lowest BCUT2D eigenvalue weighted by Gasteiger charge is -2.32. The molecular weight excluding hydrogens is 320 g/mol. The molecule has 0 spiro atoms. The molecule has 2 fully saturated rings. The first-order chi connectivity index (χ1) is 10.9. The van der Waals surface area contributed by atoms with Crippen LogP contribution in [0, 0.1) is 5.92 Å². The summed E-state index contributed by atoms with van der Waals surface area (Å²) in [5.74, 6) is -0.994. The molecule has 23 heavy (non-hydrogen) atoms. The third-order valence-electron chi connectivity index (χ3n) is 4.97. The molecule has 1 aliphatic carbocycles. The van der Waals surface area contributed by atoms with Gasteiger partial charge in [-0.15, -0.1) is 0 Å². The normalized spacial score (nSPS) is 31.9. The van der Waals surface area contributed by atoms with Gasteiger partial charge in [-0.1, -0.05) is 12.8 Å². The number of methoxy groups -OCH3 is 2. The number of ether oxygens (including phenoxy) is 2. The summed E-state index contributed by atoms with van der Waals surface area (Å²) in [6, 6.07) is 0. The maximum atomic E-state index is 12.7. The highest BCUT2D eigenvalue weighted by Gasteiger charge is 2.42. The Morgan fingerprint density at radius 3 is 2.61 bits per heavy atom. The molecular formula is C15H28N2O5S. The van der Waals surface area contributed by atoms with Crippen molar-refractivity contribution >= 4 is 16.0 Å². The minimum atomic E-state index is -3.58. The number of sulfonamides is 1. The molecule has 1 saturated carbocycles. The number of carbonyl (C=O) groups excluding carboxylic acids is 1. The lowest BCUT2D eigenvalue weighted by Crippen LogP contribution is -2.55. The van der Waals surface area contributed by atoms with E-state index in [-0.39, 0.29) is 12.1 Å². The number of nitrogens with one attached hydrogen (secondary N) is 2. The highest BCUT2D eigenvalue weighted by molar-refractivity contribution is 7.90. The second-order valence-electron chi connectivity index (χ2n) is 6.56. The van der Waals surface area contributed by atoms with Gasteiger partial charge in [0.1, 0.15) is 0 Å². The summed E-state index contributed by atoms with van der Waals surface area (Å²) in [4.78, 5) is 11.9. The SMILES string of the molecule is COCC1(CNS(=O)(=O)C2CCCCC2C(=O)OC)CCCN1. The molecule has 134 valence electrons. The van der Waals surface area contributed by atoms with Gasteiger partial charge >= 0.3 is 5.97 Å². The summed E-state index contributed by atoms with van der Waals surface area (Å²) in [6.07, 6.45) is 4.62. The molecule has 0 radical (unpaired) electrons. The Morgan fingerprint density at radius 1 is 1.26 bits per heavy atom. The summed E-state index contributed by atoms with van der Waals surface area (Å²) in [6.45, 7) is 1.60. The van der Waals surface area contributed by atoms with Gasteiger partial charge in [0.05, 0.1) is 30.4 Å². The zero-order chi connectivity index (χ0) is 16.9. The van der Waals surface area contributed by atoms with Crippen LogP contribution in [0.5, 0.6) is 0 Å². The average Bonchev–Trinajstić information content (AvgIpc) is 3.02. The summed E-state index contributed by atoms with van der Waals surface area (Å²) < 4.78 is 38.2. The largest absolute Gasteiger partial charge is 0.469 e. The molecule has 0 aromatic rings. The van der Waals surface area contributed by atoms with E-state index in [1.807, 2.05) is 0 Å². The van der Waals surface area contributed by atoms with Crippen LogP contribution >= 0.6 is 0 Å². The fourth-order valence-electron chi connectivity index (χ4n) is 3.71. The van der Waals surface area contributed by atoms with E-state index in [9.17, 15) is 13.2 Å². The molecule has 0 bridgehead atoms. The molecule has 0 aromatic carbocycles. The lowest BCUT2D eigenvalue weighted by molar-refractivity contribution is -0.146. The third-order valence-corrected chi connectivity index (χ3v) is 6.88. The Bertz CT molecular complexity index is 502. The molecule has 1 heterocycles. The van der Waals surface area contributed by atoms with Crippen molar-refractivity contribution in [1.82, 2.24) is 10.0 Å². The van der Waals surface area contributed by atoms with Crippen molar-refractivity contribution in [2.45, 2.75) is 49.3 Å². The summed E-state index contributed by atoms with van der Waals surface area (Å²) in [7, 11) is -0.653. The van der Waals surface area contributed by atoms with Crippen molar-refractivity contribution in [3.8, 4) is 0 Å². The van der Waals surface area contributed by atoms with Crippen molar-refractivity contribution in [3.05, 3.63) is 0 Å². The lowest BCUT2D eigenvalue weighted by atomic mass is 9.89. The number of esters is 1. The van der Waals surface area contributed by atoms with Gasteiger partial charge in [0.25, 0.3) is 0 Å². The summed E-state index contributed by atoms with van der Waals surface area (Å²) in [5.41, 5.74) is -0.350. The molecule has 2 rings (SSSR count). The molecule has 1 aliphatic heterocycles. The predicted octanol–water partition coefficient (Wildman–Crippen LogP) is 0.406.